The number of carbonyl (C=O) groups excluding carboxylic acids is 1. The molecule has 0 radical (unpaired) electrons. The maximum atomic E-state index is 12.5. The van der Waals surface area contributed by atoms with E-state index in [1.165, 1.54) is 25.3 Å². The summed E-state index contributed by atoms with van der Waals surface area (Å²) < 4.78 is 7.60. The quantitative estimate of drug-likeness (QED) is 0.356. The van der Waals surface area contributed by atoms with Gasteiger partial charge in [-0.2, -0.15) is 0 Å². The molecule has 0 atom stereocenters. The lowest BCUT2D eigenvalue weighted by Gasteiger charge is -2.07. The molecular weight excluding hydrogens is 378 g/mol. The van der Waals surface area contributed by atoms with Crippen molar-refractivity contribution >= 4 is 23.5 Å². The number of nitrogens with zero attached hydrogens (tertiary/aromatic N) is 3. The topological polar surface area (TPSA) is 94.0 Å². The Morgan fingerprint density at radius 3 is 2.77 bits per heavy atom. The van der Waals surface area contributed by atoms with Gasteiger partial charge in [0, 0.05) is 24.0 Å². The predicted octanol–water partition coefficient (Wildman–Crippen LogP) is 3.92. The zero-order valence-electron chi connectivity index (χ0n) is 16.7. The third kappa shape index (κ3) is 4.25. The highest BCUT2D eigenvalue weighted by atomic mass is 16.5. The fourth-order valence-electron chi connectivity index (χ4n) is 3.13. The largest absolute Gasteiger partial charge is 0.454 e. The molecule has 0 aliphatic heterocycles. The molecule has 1 aliphatic carbocycles. The molecule has 1 fully saturated rings. The first-order chi connectivity index (χ1) is 14.5. The smallest absolute Gasteiger partial charge is 0.273 e. The van der Waals surface area contributed by atoms with E-state index in [-0.39, 0.29) is 5.70 Å². The van der Waals surface area contributed by atoms with Crippen molar-refractivity contribution in [2.45, 2.75) is 25.7 Å². The molecule has 2 aromatic heterocycles. The Labute approximate surface area is 174 Å². The zero-order valence-corrected chi connectivity index (χ0v) is 16.7. The van der Waals surface area contributed by atoms with E-state index >= 15 is 0 Å². The number of aliphatic imine (C=N–C) groups is 1. The number of rotatable bonds is 7. The lowest BCUT2D eigenvalue weighted by atomic mass is 10.2. The van der Waals surface area contributed by atoms with Crippen LogP contribution >= 0.6 is 0 Å². The van der Waals surface area contributed by atoms with Gasteiger partial charge in [0.1, 0.15) is 17.1 Å². The van der Waals surface area contributed by atoms with Crippen LogP contribution in [0, 0.1) is 6.92 Å². The van der Waals surface area contributed by atoms with Gasteiger partial charge in [-0.3, -0.25) is 4.79 Å². The van der Waals surface area contributed by atoms with Gasteiger partial charge >= 0.3 is 0 Å². The molecule has 3 N–H and O–H groups in total. The highest BCUT2D eigenvalue weighted by Crippen LogP contribution is 2.41. The second kappa shape index (κ2) is 8.24. The number of allylic oxidation sites excluding steroid dienone is 1. The Hall–Kier alpha value is -3.87. The number of imidazole rings is 1. The van der Waals surface area contributed by atoms with Crippen LogP contribution in [0.15, 0.2) is 77.9 Å². The van der Waals surface area contributed by atoms with Crippen LogP contribution < -0.4 is 15.8 Å². The summed E-state index contributed by atoms with van der Waals surface area (Å²) >= 11 is 0. The van der Waals surface area contributed by atoms with Crippen LogP contribution in [-0.4, -0.2) is 21.5 Å². The SMILES string of the molecule is C=C(N=C/C(=C\N)Oc1ccccc1)C(=O)Nc1ccc2nc(C3CC3)c(C)n2c1. The molecule has 1 saturated carbocycles. The number of hydrogen-bond acceptors (Lipinski definition) is 5. The summed E-state index contributed by atoms with van der Waals surface area (Å²) in [5, 5.41) is 2.81. The van der Waals surface area contributed by atoms with E-state index in [1.807, 2.05) is 40.9 Å². The second-order valence-electron chi connectivity index (χ2n) is 7.15. The number of nitrogens with one attached hydrogen (secondary N) is 1. The van der Waals surface area contributed by atoms with E-state index < -0.39 is 5.91 Å². The zero-order chi connectivity index (χ0) is 21.1. The maximum absolute atomic E-state index is 12.5. The van der Waals surface area contributed by atoms with Gasteiger partial charge in [0.15, 0.2) is 5.76 Å². The van der Waals surface area contributed by atoms with Crippen LogP contribution in [0.4, 0.5) is 5.69 Å². The van der Waals surface area contributed by atoms with Crippen LogP contribution in [0.3, 0.4) is 0 Å². The molecular formula is C23H23N5O2. The molecule has 2 heterocycles. The molecule has 0 saturated heterocycles. The molecule has 7 nitrogen and oxygen atoms in total. The number of aryl methyl sites for hydroxylation is 1. The van der Waals surface area contributed by atoms with E-state index in [1.54, 1.807) is 12.1 Å². The average molecular weight is 401 g/mol. The minimum Gasteiger partial charge on any atom is -0.454 e. The van der Waals surface area contributed by atoms with Crippen LogP contribution in [0.1, 0.15) is 30.1 Å². The van der Waals surface area contributed by atoms with Crippen LogP contribution in [0.5, 0.6) is 5.75 Å². The lowest BCUT2D eigenvalue weighted by molar-refractivity contribution is -0.112. The van der Waals surface area contributed by atoms with Gasteiger partial charge in [-0.15, -0.1) is 0 Å². The summed E-state index contributed by atoms with van der Waals surface area (Å²) in [6.45, 7) is 5.78. The van der Waals surface area contributed by atoms with E-state index in [0.29, 0.717) is 23.1 Å². The molecule has 0 spiro atoms. The van der Waals surface area contributed by atoms with Gasteiger partial charge in [0.05, 0.1) is 17.6 Å². The maximum Gasteiger partial charge on any atom is 0.273 e. The second-order valence-corrected chi connectivity index (χ2v) is 7.15. The summed E-state index contributed by atoms with van der Waals surface area (Å²) in [6.07, 6.45) is 6.88. The van der Waals surface area contributed by atoms with E-state index in [0.717, 1.165) is 17.0 Å². The third-order valence-electron chi connectivity index (χ3n) is 4.87. The number of para-hydroxylation sites is 1. The molecule has 1 aliphatic rings. The number of amides is 1. The molecule has 0 unspecified atom stereocenters. The monoisotopic (exact) mass is 401 g/mol. The van der Waals surface area contributed by atoms with Crippen molar-refractivity contribution in [2.24, 2.45) is 10.7 Å². The molecule has 30 heavy (non-hydrogen) atoms. The van der Waals surface area contributed by atoms with Gasteiger partial charge < -0.3 is 20.2 Å². The predicted molar refractivity (Wildman–Crippen MR) is 118 cm³/mol. The number of ether oxygens (including phenoxy) is 1. The van der Waals surface area contributed by atoms with Gasteiger partial charge in [-0.05, 0) is 44.0 Å². The van der Waals surface area contributed by atoms with Crippen molar-refractivity contribution < 1.29 is 9.53 Å². The third-order valence-corrected chi connectivity index (χ3v) is 4.87. The van der Waals surface area contributed by atoms with E-state index in [2.05, 4.69) is 23.8 Å². The number of hydrogen-bond donors (Lipinski definition) is 2. The number of carbonyl (C=O) groups is 1. The number of fused-ring (bicyclic) bond motifs is 1. The van der Waals surface area contributed by atoms with Gasteiger partial charge in [-0.25, -0.2) is 9.98 Å². The van der Waals surface area contributed by atoms with Crippen molar-refractivity contribution in [1.29, 1.82) is 0 Å². The highest BCUT2D eigenvalue weighted by Gasteiger charge is 2.28. The van der Waals surface area contributed by atoms with Crippen molar-refractivity contribution in [3.8, 4) is 5.75 Å². The lowest BCUT2D eigenvalue weighted by Crippen LogP contribution is -2.13. The summed E-state index contributed by atoms with van der Waals surface area (Å²) in [5.74, 6) is 1.07. The number of nitrogens with two attached hydrogens (primary N) is 1. The average Bonchev–Trinajstić information content (AvgIpc) is 3.56. The summed E-state index contributed by atoms with van der Waals surface area (Å²) in [7, 11) is 0. The normalized spacial score (nSPS) is 14.2. The van der Waals surface area contributed by atoms with Crippen LogP contribution in [-0.2, 0) is 4.79 Å². The minimum atomic E-state index is -0.415. The molecule has 7 heteroatoms. The van der Waals surface area contributed by atoms with Gasteiger partial charge in [0.2, 0.25) is 0 Å². The first-order valence-electron chi connectivity index (χ1n) is 9.73. The Balaban J connectivity index is 1.42. The summed E-state index contributed by atoms with van der Waals surface area (Å²) in [5.41, 5.74) is 9.39. The Bertz CT molecular complexity index is 1160. The van der Waals surface area contributed by atoms with Gasteiger partial charge in [-0.1, -0.05) is 24.8 Å². The Morgan fingerprint density at radius 2 is 2.07 bits per heavy atom. The fraction of sp³-hybridized carbons (Fsp3) is 0.174. The van der Waals surface area contributed by atoms with Crippen LogP contribution in [0.25, 0.3) is 5.65 Å². The van der Waals surface area contributed by atoms with Crippen molar-refractivity contribution in [3.05, 3.63) is 84.3 Å². The first kappa shape index (κ1) is 19.4. The van der Waals surface area contributed by atoms with E-state index in [4.69, 9.17) is 15.5 Å². The molecule has 1 aromatic carbocycles. The number of benzene rings is 1. The first-order valence-corrected chi connectivity index (χ1v) is 9.73. The summed E-state index contributed by atoms with van der Waals surface area (Å²) in [4.78, 5) is 21.3. The number of anilines is 1. The van der Waals surface area contributed by atoms with Gasteiger partial charge in [0.25, 0.3) is 5.91 Å². The number of aromatic nitrogens is 2. The summed E-state index contributed by atoms with van der Waals surface area (Å²) in [6, 6.07) is 12.9. The van der Waals surface area contributed by atoms with Crippen molar-refractivity contribution in [3.63, 3.8) is 0 Å². The number of pyridine rings is 1. The molecule has 152 valence electrons. The molecule has 1 amide bonds. The van der Waals surface area contributed by atoms with Crippen LogP contribution in [0.2, 0.25) is 0 Å². The standard InChI is InChI=1S/C23H23N5O2/c1-15(25-13-20(12-24)30-19-6-4-3-5-7-19)23(29)26-18-10-11-21-27-22(17-8-9-17)16(2)28(21)14-18/h3-7,10-14,17H,1,8-9,24H2,2H3,(H,26,29)/b20-12+,25-13?. The molecule has 0 bridgehead atoms. The highest BCUT2D eigenvalue weighted by molar-refractivity contribution is 6.04. The minimum absolute atomic E-state index is 0.0344. The van der Waals surface area contributed by atoms with Crippen molar-refractivity contribution in [2.75, 3.05) is 5.32 Å². The molecule has 3 aromatic rings. The fourth-order valence-corrected chi connectivity index (χ4v) is 3.13. The van der Waals surface area contributed by atoms with Crippen molar-refractivity contribution in [1.82, 2.24) is 9.38 Å². The van der Waals surface area contributed by atoms with E-state index in [9.17, 15) is 4.79 Å². The Morgan fingerprint density at radius 1 is 1.30 bits per heavy atom. The molecule has 4 rings (SSSR count). The Kier molecular flexibility index (Phi) is 5.34.